The van der Waals surface area contributed by atoms with Gasteiger partial charge in [0, 0.05) is 25.6 Å². The van der Waals surface area contributed by atoms with Gasteiger partial charge in [-0.1, -0.05) is 30.3 Å². The highest BCUT2D eigenvalue weighted by Crippen LogP contribution is 2.24. The molecule has 2 rings (SSSR count). The van der Waals surface area contributed by atoms with Crippen LogP contribution in [0.25, 0.3) is 0 Å². The zero-order valence-corrected chi connectivity index (χ0v) is 14.9. The molecule has 0 aromatic heterocycles. The molecule has 1 atom stereocenters. The molecule has 0 radical (unpaired) electrons. The second-order valence-corrected chi connectivity index (χ2v) is 6.70. The number of rotatable bonds is 5. The van der Waals surface area contributed by atoms with Gasteiger partial charge in [-0.05, 0) is 32.5 Å². The fourth-order valence-corrected chi connectivity index (χ4v) is 3.14. The number of halogens is 3. The van der Waals surface area contributed by atoms with Gasteiger partial charge in [0.15, 0.2) is 0 Å². The number of nitrogens with one attached hydrogen (secondary N) is 1. The van der Waals surface area contributed by atoms with Gasteiger partial charge in [0.05, 0.1) is 6.04 Å². The minimum absolute atomic E-state index is 0.00652. The SMILES string of the molecule is CN(C)C(CNC(=O)C1CCN(C(=O)C(F)(F)F)CC1)c1ccccc1. The van der Waals surface area contributed by atoms with Crippen LogP contribution in [0.5, 0.6) is 0 Å². The summed E-state index contributed by atoms with van der Waals surface area (Å²) in [5, 5.41) is 2.90. The van der Waals surface area contributed by atoms with E-state index in [1.54, 1.807) is 0 Å². The minimum Gasteiger partial charge on any atom is -0.354 e. The van der Waals surface area contributed by atoms with Crippen LogP contribution in [0.1, 0.15) is 24.4 Å². The highest BCUT2D eigenvalue weighted by Gasteiger charge is 2.43. The molecule has 0 aliphatic carbocycles. The van der Waals surface area contributed by atoms with Gasteiger partial charge in [0.2, 0.25) is 5.91 Å². The van der Waals surface area contributed by atoms with Gasteiger partial charge < -0.3 is 15.1 Å². The van der Waals surface area contributed by atoms with Crippen LogP contribution in [0.3, 0.4) is 0 Å². The average Bonchev–Trinajstić information content (AvgIpc) is 2.61. The smallest absolute Gasteiger partial charge is 0.354 e. The van der Waals surface area contributed by atoms with Gasteiger partial charge in [-0.2, -0.15) is 13.2 Å². The first-order valence-electron chi connectivity index (χ1n) is 8.55. The number of carbonyl (C=O) groups excluding carboxylic acids is 2. The van der Waals surface area contributed by atoms with Gasteiger partial charge in [-0.15, -0.1) is 0 Å². The van der Waals surface area contributed by atoms with E-state index >= 15 is 0 Å². The fourth-order valence-electron chi connectivity index (χ4n) is 3.14. The van der Waals surface area contributed by atoms with Crippen LogP contribution in [-0.4, -0.2) is 61.5 Å². The molecule has 1 saturated heterocycles. The van der Waals surface area contributed by atoms with Crippen LogP contribution in [0.4, 0.5) is 13.2 Å². The minimum atomic E-state index is -4.86. The summed E-state index contributed by atoms with van der Waals surface area (Å²) in [4.78, 5) is 26.4. The Hall–Kier alpha value is -2.09. The van der Waals surface area contributed by atoms with Gasteiger partial charge in [-0.25, -0.2) is 0 Å². The summed E-state index contributed by atoms with van der Waals surface area (Å²) in [6.45, 7) is 0.315. The second kappa shape index (κ2) is 8.53. The molecule has 1 heterocycles. The van der Waals surface area contributed by atoms with Crippen molar-refractivity contribution in [2.45, 2.75) is 25.1 Å². The van der Waals surface area contributed by atoms with Crippen LogP contribution in [-0.2, 0) is 9.59 Å². The Morgan fingerprint density at radius 2 is 1.77 bits per heavy atom. The van der Waals surface area contributed by atoms with Crippen molar-refractivity contribution in [1.29, 1.82) is 0 Å². The maximum Gasteiger partial charge on any atom is 0.471 e. The molecule has 144 valence electrons. The lowest BCUT2D eigenvalue weighted by molar-refractivity contribution is -0.186. The Kier molecular flexibility index (Phi) is 6.63. The van der Waals surface area contributed by atoms with Crippen molar-refractivity contribution in [3.63, 3.8) is 0 Å². The maximum absolute atomic E-state index is 12.5. The number of hydrogen-bond donors (Lipinski definition) is 1. The Morgan fingerprint density at radius 3 is 2.27 bits per heavy atom. The lowest BCUT2D eigenvalue weighted by Crippen LogP contribution is -2.48. The molecule has 1 aromatic rings. The Labute approximate surface area is 151 Å². The van der Waals surface area contributed by atoms with Crippen molar-refractivity contribution in [2.24, 2.45) is 5.92 Å². The highest BCUT2D eigenvalue weighted by atomic mass is 19.4. The Morgan fingerprint density at radius 1 is 1.19 bits per heavy atom. The average molecular weight is 371 g/mol. The first-order valence-corrected chi connectivity index (χ1v) is 8.55. The number of alkyl halides is 3. The van der Waals surface area contributed by atoms with Gasteiger partial charge >= 0.3 is 12.1 Å². The quantitative estimate of drug-likeness (QED) is 0.864. The van der Waals surface area contributed by atoms with Gasteiger partial charge in [-0.3, -0.25) is 9.59 Å². The summed E-state index contributed by atoms with van der Waals surface area (Å²) in [5.74, 6) is -2.37. The summed E-state index contributed by atoms with van der Waals surface area (Å²) < 4.78 is 37.4. The highest BCUT2D eigenvalue weighted by molar-refractivity contribution is 5.83. The number of carbonyl (C=O) groups is 2. The van der Waals surface area contributed by atoms with E-state index in [-0.39, 0.29) is 43.8 Å². The van der Waals surface area contributed by atoms with Crippen molar-refractivity contribution < 1.29 is 22.8 Å². The zero-order chi connectivity index (χ0) is 19.3. The van der Waals surface area contributed by atoms with Crippen molar-refractivity contribution in [3.8, 4) is 0 Å². The molecular weight excluding hydrogens is 347 g/mol. The number of amides is 2. The number of piperidine rings is 1. The van der Waals surface area contributed by atoms with E-state index in [0.29, 0.717) is 6.54 Å². The predicted molar refractivity (Wildman–Crippen MR) is 91.2 cm³/mol. The third-order valence-corrected chi connectivity index (χ3v) is 4.67. The monoisotopic (exact) mass is 371 g/mol. The van der Waals surface area contributed by atoms with Crippen LogP contribution in [0.15, 0.2) is 30.3 Å². The third-order valence-electron chi connectivity index (χ3n) is 4.67. The maximum atomic E-state index is 12.5. The Balaban J connectivity index is 1.86. The fraction of sp³-hybridized carbons (Fsp3) is 0.556. The van der Waals surface area contributed by atoms with Crippen LogP contribution >= 0.6 is 0 Å². The largest absolute Gasteiger partial charge is 0.471 e. The van der Waals surface area contributed by atoms with E-state index in [9.17, 15) is 22.8 Å². The molecule has 2 amide bonds. The lowest BCUT2D eigenvalue weighted by Gasteiger charge is -2.32. The van der Waals surface area contributed by atoms with Crippen molar-refractivity contribution >= 4 is 11.8 Å². The second-order valence-electron chi connectivity index (χ2n) is 6.70. The molecule has 0 bridgehead atoms. The molecule has 1 N–H and O–H groups in total. The van der Waals surface area contributed by atoms with E-state index in [1.165, 1.54) is 0 Å². The summed E-state index contributed by atoms with van der Waals surface area (Å²) in [5.41, 5.74) is 1.07. The van der Waals surface area contributed by atoms with Gasteiger partial charge in [0.1, 0.15) is 0 Å². The van der Waals surface area contributed by atoms with Crippen molar-refractivity contribution in [3.05, 3.63) is 35.9 Å². The van der Waals surface area contributed by atoms with Crippen LogP contribution < -0.4 is 5.32 Å². The Bertz CT molecular complexity index is 612. The lowest BCUT2D eigenvalue weighted by atomic mass is 9.95. The number of benzene rings is 1. The summed E-state index contributed by atoms with van der Waals surface area (Å²) in [6.07, 6.45) is -4.37. The van der Waals surface area contributed by atoms with Crippen LogP contribution in [0, 0.1) is 5.92 Å². The molecule has 0 saturated carbocycles. The summed E-state index contributed by atoms with van der Waals surface area (Å²) in [7, 11) is 3.84. The molecule has 1 aliphatic heterocycles. The number of nitrogens with zero attached hydrogens (tertiary/aromatic N) is 2. The standard InChI is InChI=1S/C18H24F3N3O2/c1-23(2)15(13-6-4-3-5-7-13)12-22-16(25)14-8-10-24(11-9-14)17(26)18(19,20)21/h3-7,14-15H,8-12H2,1-2H3,(H,22,25). The number of hydrogen-bond acceptors (Lipinski definition) is 3. The van der Waals surface area contributed by atoms with E-state index in [0.717, 1.165) is 10.5 Å². The van der Waals surface area contributed by atoms with Crippen molar-refractivity contribution in [2.75, 3.05) is 33.7 Å². The predicted octanol–water partition coefficient (Wildman–Crippen LogP) is 2.21. The molecule has 0 spiro atoms. The number of likely N-dealkylation sites (tertiary alicyclic amines) is 1. The van der Waals surface area contributed by atoms with Crippen molar-refractivity contribution in [1.82, 2.24) is 15.1 Å². The topological polar surface area (TPSA) is 52.7 Å². The molecule has 5 nitrogen and oxygen atoms in total. The van der Waals surface area contributed by atoms with Crippen LogP contribution in [0.2, 0.25) is 0 Å². The zero-order valence-electron chi connectivity index (χ0n) is 14.9. The van der Waals surface area contributed by atoms with E-state index in [1.807, 2.05) is 49.3 Å². The summed E-state index contributed by atoms with van der Waals surface area (Å²) >= 11 is 0. The molecule has 1 aliphatic rings. The first kappa shape index (κ1) is 20.2. The normalized spacial score (nSPS) is 17.2. The number of likely N-dealkylation sites (N-methyl/N-ethyl adjacent to an activating group) is 1. The van der Waals surface area contributed by atoms with E-state index in [4.69, 9.17) is 0 Å². The molecule has 1 unspecified atom stereocenters. The summed E-state index contributed by atoms with van der Waals surface area (Å²) in [6, 6.07) is 9.76. The molecule has 1 aromatic carbocycles. The van der Waals surface area contributed by atoms with E-state index in [2.05, 4.69) is 5.32 Å². The third kappa shape index (κ3) is 5.20. The molecular formula is C18H24F3N3O2. The van der Waals surface area contributed by atoms with Gasteiger partial charge in [0.25, 0.3) is 0 Å². The molecule has 26 heavy (non-hydrogen) atoms. The molecule has 8 heteroatoms. The first-order chi connectivity index (χ1) is 12.2. The van der Waals surface area contributed by atoms with E-state index < -0.39 is 12.1 Å². The molecule has 1 fully saturated rings.